The van der Waals surface area contributed by atoms with Crippen LogP contribution < -0.4 is 10.1 Å². The summed E-state index contributed by atoms with van der Waals surface area (Å²) in [5.74, 6) is 1.28. The Morgan fingerprint density at radius 3 is 2.95 bits per heavy atom. The van der Waals surface area contributed by atoms with Gasteiger partial charge in [0.15, 0.2) is 0 Å². The third kappa shape index (κ3) is 3.19. The highest BCUT2D eigenvalue weighted by molar-refractivity contribution is 7.84. The zero-order valence-corrected chi connectivity index (χ0v) is 12.8. The molecule has 3 atom stereocenters. The lowest BCUT2D eigenvalue weighted by Crippen LogP contribution is -2.40. The second-order valence-electron chi connectivity index (χ2n) is 4.95. The smallest absolute Gasteiger partial charge is 0.238 e. The van der Waals surface area contributed by atoms with E-state index in [1.54, 1.807) is 18.3 Å². The monoisotopic (exact) mass is 296 g/mol. The topological polar surface area (TPSA) is 58.6 Å². The molecule has 6 heteroatoms. The maximum absolute atomic E-state index is 12.1. The minimum Gasteiger partial charge on any atom is -0.497 e. The van der Waals surface area contributed by atoms with Crippen molar-refractivity contribution in [2.75, 3.05) is 25.7 Å². The van der Waals surface area contributed by atoms with Crippen LogP contribution in [-0.2, 0) is 15.6 Å². The van der Waals surface area contributed by atoms with E-state index in [1.807, 2.05) is 31.2 Å². The fraction of sp³-hybridized carbons (Fsp3) is 0.500. The number of hydrogen-bond acceptors (Lipinski definition) is 4. The molecule has 0 aliphatic carbocycles. The summed E-state index contributed by atoms with van der Waals surface area (Å²) >= 11 is 0. The lowest BCUT2D eigenvalue weighted by Gasteiger charge is -2.30. The van der Waals surface area contributed by atoms with Crippen LogP contribution in [0.25, 0.3) is 0 Å². The molecule has 110 valence electrons. The highest BCUT2D eigenvalue weighted by atomic mass is 32.2. The van der Waals surface area contributed by atoms with Gasteiger partial charge in [0.25, 0.3) is 0 Å². The Hall–Kier alpha value is -1.40. The second kappa shape index (κ2) is 6.37. The quantitative estimate of drug-likeness (QED) is 0.877. The highest BCUT2D eigenvalue weighted by Crippen LogP contribution is 2.27. The first kappa shape index (κ1) is 15.0. The van der Waals surface area contributed by atoms with E-state index in [2.05, 4.69) is 5.32 Å². The average molecular weight is 296 g/mol. The minimum atomic E-state index is -0.930. The molecule has 1 heterocycles. The van der Waals surface area contributed by atoms with Gasteiger partial charge in [-0.2, -0.15) is 0 Å². The summed E-state index contributed by atoms with van der Waals surface area (Å²) in [4.78, 5) is 13.8. The van der Waals surface area contributed by atoms with Gasteiger partial charge in [-0.1, -0.05) is 12.1 Å². The van der Waals surface area contributed by atoms with Crippen LogP contribution in [0, 0.1) is 0 Å². The number of benzene rings is 1. The Bertz CT molecular complexity index is 521. The number of methoxy groups -OCH3 is 1. The van der Waals surface area contributed by atoms with Crippen molar-refractivity contribution >= 4 is 16.7 Å². The number of amides is 1. The van der Waals surface area contributed by atoms with Gasteiger partial charge >= 0.3 is 0 Å². The second-order valence-corrected chi connectivity index (χ2v) is 6.43. The summed E-state index contributed by atoms with van der Waals surface area (Å²) in [6.07, 6.45) is 1.47. The predicted octanol–water partition coefficient (Wildman–Crippen LogP) is 0.893. The molecule has 1 saturated heterocycles. The van der Waals surface area contributed by atoms with Crippen LogP contribution in [0.1, 0.15) is 18.7 Å². The summed E-state index contributed by atoms with van der Waals surface area (Å²) in [7, 11) is 0.688. The largest absolute Gasteiger partial charge is 0.497 e. The first-order chi connectivity index (χ1) is 9.52. The van der Waals surface area contributed by atoms with Crippen molar-refractivity contribution < 1.29 is 13.7 Å². The molecule has 1 aromatic rings. The Balaban J connectivity index is 2.24. The van der Waals surface area contributed by atoms with Crippen LogP contribution in [-0.4, -0.2) is 46.7 Å². The summed E-state index contributed by atoms with van der Waals surface area (Å²) < 4.78 is 16.6. The SMILES string of the molecule is COc1cccc(C2NCC(=O)N2C(C)CS(C)=O)c1. The van der Waals surface area contributed by atoms with Gasteiger partial charge in [-0.25, -0.2) is 0 Å². The average Bonchev–Trinajstić information content (AvgIpc) is 2.80. The first-order valence-electron chi connectivity index (χ1n) is 6.51. The van der Waals surface area contributed by atoms with E-state index in [9.17, 15) is 9.00 Å². The highest BCUT2D eigenvalue weighted by Gasteiger charge is 2.35. The third-order valence-electron chi connectivity index (χ3n) is 3.37. The maximum atomic E-state index is 12.1. The maximum Gasteiger partial charge on any atom is 0.238 e. The molecule has 0 bridgehead atoms. The molecule has 0 radical (unpaired) electrons. The Kier molecular flexibility index (Phi) is 4.77. The number of rotatable bonds is 5. The first-order valence-corrected chi connectivity index (χ1v) is 8.24. The van der Waals surface area contributed by atoms with Crippen LogP contribution in [0.3, 0.4) is 0 Å². The molecule has 2 rings (SSSR count). The standard InChI is InChI=1S/C14H20N2O3S/c1-10(9-20(3)18)16-13(17)8-15-14(16)11-5-4-6-12(7-11)19-2/h4-7,10,14-15H,8-9H2,1-3H3. The Morgan fingerprint density at radius 2 is 2.30 bits per heavy atom. The van der Waals surface area contributed by atoms with E-state index < -0.39 is 10.8 Å². The Morgan fingerprint density at radius 1 is 1.55 bits per heavy atom. The lowest BCUT2D eigenvalue weighted by atomic mass is 10.1. The van der Waals surface area contributed by atoms with E-state index in [1.165, 1.54) is 0 Å². The molecule has 5 nitrogen and oxygen atoms in total. The van der Waals surface area contributed by atoms with E-state index in [0.29, 0.717) is 12.3 Å². The van der Waals surface area contributed by atoms with Crippen molar-refractivity contribution in [1.82, 2.24) is 10.2 Å². The number of nitrogens with zero attached hydrogens (tertiary/aromatic N) is 1. The molecule has 1 N–H and O–H groups in total. The van der Waals surface area contributed by atoms with Crippen LogP contribution in [0.4, 0.5) is 0 Å². The fourth-order valence-electron chi connectivity index (χ4n) is 2.53. The molecule has 20 heavy (non-hydrogen) atoms. The molecule has 1 aliphatic heterocycles. The van der Waals surface area contributed by atoms with E-state index >= 15 is 0 Å². The normalized spacial score (nSPS) is 21.9. The van der Waals surface area contributed by atoms with E-state index in [0.717, 1.165) is 11.3 Å². The van der Waals surface area contributed by atoms with Gasteiger partial charge in [0.2, 0.25) is 5.91 Å². The lowest BCUT2D eigenvalue weighted by molar-refractivity contribution is -0.129. The molecule has 1 fully saturated rings. The zero-order chi connectivity index (χ0) is 14.7. The van der Waals surface area contributed by atoms with E-state index in [4.69, 9.17) is 4.74 Å². The van der Waals surface area contributed by atoms with Gasteiger partial charge in [0.05, 0.1) is 13.7 Å². The minimum absolute atomic E-state index is 0.0377. The van der Waals surface area contributed by atoms with E-state index in [-0.39, 0.29) is 18.1 Å². The number of carbonyl (C=O) groups excluding carboxylic acids is 1. The number of carbonyl (C=O) groups is 1. The van der Waals surface area contributed by atoms with Crippen molar-refractivity contribution in [2.24, 2.45) is 0 Å². The molecular formula is C14H20N2O3S. The van der Waals surface area contributed by atoms with Crippen LogP contribution in [0.5, 0.6) is 5.75 Å². The third-order valence-corrected chi connectivity index (χ3v) is 4.32. The molecule has 3 unspecified atom stereocenters. The van der Waals surface area contributed by atoms with Crippen molar-refractivity contribution in [1.29, 1.82) is 0 Å². The molecule has 0 aromatic heterocycles. The van der Waals surface area contributed by atoms with Gasteiger partial charge in [-0.3, -0.25) is 14.3 Å². The summed E-state index contributed by atoms with van der Waals surface area (Å²) in [5.41, 5.74) is 0.976. The molecule has 1 amide bonds. The van der Waals surface area contributed by atoms with Crippen LogP contribution in [0.2, 0.25) is 0 Å². The predicted molar refractivity (Wildman–Crippen MR) is 79.0 cm³/mol. The van der Waals surface area contributed by atoms with Crippen molar-refractivity contribution in [2.45, 2.75) is 19.1 Å². The summed E-state index contributed by atoms with van der Waals surface area (Å²) in [6, 6.07) is 7.58. The molecule has 0 saturated carbocycles. The van der Waals surface area contributed by atoms with Crippen molar-refractivity contribution in [3.63, 3.8) is 0 Å². The molecule has 0 spiro atoms. The summed E-state index contributed by atoms with van der Waals surface area (Å²) in [6.45, 7) is 2.24. The zero-order valence-electron chi connectivity index (χ0n) is 12.0. The van der Waals surface area contributed by atoms with Gasteiger partial charge in [-0.15, -0.1) is 0 Å². The number of hydrogen-bond donors (Lipinski definition) is 1. The fourth-order valence-corrected chi connectivity index (χ4v) is 3.37. The van der Waals surface area contributed by atoms with Crippen molar-refractivity contribution in [3.05, 3.63) is 29.8 Å². The van der Waals surface area contributed by atoms with Gasteiger partial charge in [0.1, 0.15) is 11.9 Å². The van der Waals surface area contributed by atoms with Crippen LogP contribution in [0.15, 0.2) is 24.3 Å². The summed E-state index contributed by atoms with van der Waals surface area (Å²) in [5, 5.41) is 3.20. The van der Waals surface area contributed by atoms with Gasteiger partial charge in [-0.05, 0) is 24.6 Å². The van der Waals surface area contributed by atoms with Gasteiger partial charge < -0.3 is 9.64 Å². The van der Waals surface area contributed by atoms with Crippen LogP contribution >= 0.6 is 0 Å². The Labute approximate surface area is 121 Å². The number of nitrogens with one attached hydrogen (secondary N) is 1. The number of ether oxygens (including phenoxy) is 1. The molecule has 1 aliphatic rings. The molecule has 1 aromatic carbocycles. The van der Waals surface area contributed by atoms with Gasteiger partial charge in [0, 0.05) is 28.9 Å². The van der Waals surface area contributed by atoms with Crippen molar-refractivity contribution in [3.8, 4) is 5.75 Å². The molecular weight excluding hydrogens is 276 g/mol.